The summed E-state index contributed by atoms with van der Waals surface area (Å²) >= 11 is 0. The van der Waals surface area contributed by atoms with E-state index in [1.54, 1.807) is 6.07 Å². The van der Waals surface area contributed by atoms with Gasteiger partial charge in [-0.2, -0.15) is 0 Å². The lowest BCUT2D eigenvalue weighted by Gasteiger charge is -2.13. The van der Waals surface area contributed by atoms with Crippen molar-refractivity contribution in [2.45, 2.75) is 33.3 Å². The number of fused-ring (bicyclic) bond motifs is 1. The first-order valence-electron chi connectivity index (χ1n) is 10.7. The molecule has 1 heterocycles. The number of benzene rings is 3. The highest BCUT2D eigenvalue weighted by atomic mass is 16.5. The molecule has 3 aromatic carbocycles. The van der Waals surface area contributed by atoms with E-state index >= 15 is 0 Å². The number of aromatic nitrogens is 1. The van der Waals surface area contributed by atoms with Crippen LogP contribution in [0.2, 0.25) is 0 Å². The van der Waals surface area contributed by atoms with E-state index in [0.29, 0.717) is 29.5 Å². The van der Waals surface area contributed by atoms with Gasteiger partial charge in [0, 0.05) is 33.6 Å². The molecule has 0 aliphatic carbocycles. The SMILES string of the molecule is Cc1cc(N)c2cc(NC(=O)c3ccccc3COc3ccc(C(C)C)cc3)ccc2n1. The molecule has 1 amide bonds. The van der Waals surface area contributed by atoms with Gasteiger partial charge in [-0.3, -0.25) is 9.78 Å². The molecule has 5 heteroatoms. The topological polar surface area (TPSA) is 77.2 Å². The van der Waals surface area contributed by atoms with Gasteiger partial charge in [0.1, 0.15) is 12.4 Å². The van der Waals surface area contributed by atoms with Crippen LogP contribution in [0.1, 0.15) is 46.9 Å². The summed E-state index contributed by atoms with van der Waals surface area (Å²) in [5, 5.41) is 3.79. The third kappa shape index (κ3) is 4.72. The number of hydrogen-bond acceptors (Lipinski definition) is 4. The van der Waals surface area contributed by atoms with Crippen LogP contribution in [0.3, 0.4) is 0 Å². The Balaban J connectivity index is 1.50. The van der Waals surface area contributed by atoms with Crippen molar-refractivity contribution >= 4 is 28.2 Å². The number of carbonyl (C=O) groups is 1. The number of anilines is 2. The zero-order chi connectivity index (χ0) is 22.7. The van der Waals surface area contributed by atoms with E-state index in [0.717, 1.165) is 27.9 Å². The predicted molar refractivity (Wildman–Crippen MR) is 130 cm³/mol. The molecule has 0 atom stereocenters. The highest BCUT2D eigenvalue weighted by Gasteiger charge is 2.13. The summed E-state index contributed by atoms with van der Waals surface area (Å²) in [7, 11) is 0. The van der Waals surface area contributed by atoms with Crippen LogP contribution in [-0.2, 0) is 6.61 Å². The maximum atomic E-state index is 13.0. The van der Waals surface area contributed by atoms with E-state index in [-0.39, 0.29) is 5.91 Å². The fourth-order valence-electron chi connectivity index (χ4n) is 3.64. The van der Waals surface area contributed by atoms with Crippen molar-refractivity contribution < 1.29 is 9.53 Å². The Morgan fingerprint density at radius 1 is 1.03 bits per heavy atom. The van der Waals surface area contributed by atoms with Crippen LogP contribution >= 0.6 is 0 Å². The number of nitrogen functional groups attached to an aromatic ring is 1. The van der Waals surface area contributed by atoms with Gasteiger partial charge >= 0.3 is 0 Å². The summed E-state index contributed by atoms with van der Waals surface area (Å²) in [5.41, 5.74) is 11.8. The number of hydrogen-bond donors (Lipinski definition) is 2. The van der Waals surface area contributed by atoms with E-state index in [1.165, 1.54) is 5.56 Å². The zero-order valence-electron chi connectivity index (χ0n) is 18.6. The predicted octanol–water partition coefficient (Wildman–Crippen LogP) is 6.08. The molecule has 4 rings (SSSR count). The summed E-state index contributed by atoms with van der Waals surface area (Å²) in [6, 6.07) is 22.9. The standard InChI is InChI=1S/C27H27N3O2/c1-17(2)19-8-11-22(12-9-19)32-16-20-6-4-5-7-23(20)27(31)30-21-10-13-26-24(15-21)25(28)14-18(3)29-26/h4-15,17H,16H2,1-3H3,(H2,28,29)(H,30,31). The highest BCUT2D eigenvalue weighted by Crippen LogP contribution is 2.25. The molecular weight excluding hydrogens is 398 g/mol. The molecule has 0 fully saturated rings. The van der Waals surface area contributed by atoms with E-state index in [9.17, 15) is 4.79 Å². The lowest BCUT2D eigenvalue weighted by molar-refractivity contribution is 0.102. The third-order valence-electron chi connectivity index (χ3n) is 5.43. The Bertz CT molecular complexity index is 1260. The summed E-state index contributed by atoms with van der Waals surface area (Å²) in [6.45, 7) is 6.53. The second-order valence-electron chi connectivity index (χ2n) is 8.21. The second-order valence-corrected chi connectivity index (χ2v) is 8.21. The Morgan fingerprint density at radius 2 is 1.78 bits per heavy atom. The zero-order valence-corrected chi connectivity index (χ0v) is 18.6. The maximum Gasteiger partial charge on any atom is 0.256 e. The molecule has 0 aliphatic rings. The first-order valence-corrected chi connectivity index (χ1v) is 10.7. The van der Waals surface area contributed by atoms with Crippen LogP contribution in [0.25, 0.3) is 10.9 Å². The van der Waals surface area contributed by atoms with Gasteiger partial charge in [-0.05, 0) is 60.9 Å². The van der Waals surface area contributed by atoms with Crippen LogP contribution in [0, 0.1) is 6.92 Å². The normalized spacial score (nSPS) is 11.0. The number of nitrogens with zero attached hydrogens (tertiary/aromatic N) is 1. The van der Waals surface area contributed by atoms with Crippen LogP contribution in [0.5, 0.6) is 5.75 Å². The number of ether oxygens (including phenoxy) is 1. The van der Waals surface area contributed by atoms with Gasteiger partial charge in [-0.15, -0.1) is 0 Å². The molecule has 162 valence electrons. The maximum absolute atomic E-state index is 13.0. The second kappa shape index (κ2) is 9.10. The number of nitrogens with two attached hydrogens (primary N) is 1. The molecule has 32 heavy (non-hydrogen) atoms. The molecule has 3 N–H and O–H groups in total. The molecule has 0 aliphatic heterocycles. The number of carbonyl (C=O) groups excluding carboxylic acids is 1. The van der Waals surface area contributed by atoms with Crippen LogP contribution in [-0.4, -0.2) is 10.9 Å². The Morgan fingerprint density at radius 3 is 2.53 bits per heavy atom. The summed E-state index contributed by atoms with van der Waals surface area (Å²) in [4.78, 5) is 17.5. The molecule has 0 saturated heterocycles. The van der Waals surface area contributed by atoms with Gasteiger partial charge in [0.15, 0.2) is 0 Å². The van der Waals surface area contributed by atoms with Crippen molar-refractivity contribution in [3.05, 3.63) is 95.2 Å². The van der Waals surface area contributed by atoms with Crippen molar-refractivity contribution in [3.8, 4) is 5.75 Å². The smallest absolute Gasteiger partial charge is 0.256 e. The third-order valence-corrected chi connectivity index (χ3v) is 5.43. The van der Waals surface area contributed by atoms with Crippen molar-refractivity contribution in [1.29, 1.82) is 0 Å². The van der Waals surface area contributed by atoms with Crippen LogP contribution < -0.4 is 15.8 Å². The summed E-state index contributed by atoms with van der Waals surface area (Å²) in [6.07, 6.45) is 0. The Hall–Kier alpha value is -3.86. The van der Waals surface area contributed by atoms with Gasteiger partial charge in [-0.25, -0.2) is 0 Å². The lowest BCUT2D eigenvalue weighted by Crippen LogP contribution is -2.15. The molecule has 1 aromatic heterocycles. The molecule has 0 saturated carbocycles. The van der Waals surface area contributed by atoms with Gasteiger partial charge in [-0.1, -0.05) is 44.2 Å². The van der Waals surface area contributed by atoms with E-state index in [4.69, 9.17) is 10.5 Å². The number of aryl methyl sites for hydroxylation is 1. The van der Waals surface area contributed by atoms with Gasteiger partial charge in [0.25, 0.3) is 5.91 Å². The molecule has 0 radical (unpaired) electrons. The van der Waals surface area contributed by atoms with Crippen molar-refractivity contribution in [3.63, 3.8) is 0 Å². The quantitative estimate of drug-likeness (QED) is 0.392. The fraction of sp³-hybridized carbons (Fsp3) is 0.185. The largest absolute Gasteiger partial charge is 0.489 e. The van der Waals surface area contributed by atoms with E-state index in [2.05, 4.69) is 36.3 Å². The van der Waals surface area contributed by atoms with Gasteiger partial charge < -0.3 is 15.8 Å². The number of pyridine rings is 1. The fourth-order valence-corrected chi connectivity index (χ4v) is 3.64. The monoisotopic (exact) mass is 425 g/mol. The first-order chi connectivity index (χ1) is 15.4. The molecule has 0 bridgehead atoms. The molecular formula is C27H27N3O2. The average molecular weight is 426 g/mol. The summed E-state index contributed by atoms with van der Waals surface area (Å²) < 4.78 is 5.95. The molecule has 5 nitrogen and oxygen atoms in total. The minimum Gasteiger partial charge on any atom is -0.489 e. The highest BCUT2D eigenvalue weighted by molar-refractivity contribution is 6.06. The first kappa shape index (κ1) is 21.4. The minimum atomic E-state index is -0.197. The molecule has 0 spiro atoms. The summed E-state index contributed by atoms with van der Waals surface area (Å²) in [5.74, 6) is 1.05. The van der Waals surface area contributed by atoms with Crippen molar-refractivity contribution in [1.82, 2.24) is 4.98 Å². The minimum absolute atomic E-state index is 0.197. The molecule has 0 unspecified atom stereocenters. The van der Waals surface area contributed by atoms with Crippen molar-refractivity contribution in [2.75, 3.05) is 11.1 Å². The number of rotatable bonds is 6. The number of amides is 1. The lowest BCUT2D eigenvalue weighted by atomic mass is 10.0. The van der Waals surface area contributed by atoms with Crippen molar-refractivity contribution in [2.24, 2.45) is 0 Å². The Labute approximate surface area is 188 Å². The van der Waals surface area contributed by atoms with Gasteiger partial charge in [0.05, 0.1) is 5.52 Å². The van der Waals surface area contributed by atoms with Gasteiger partial charge in [0.2, 0.25) is 0 Å². The Kier molecular flexibility index (Phi) is 6.08. The number of nitrogens with one attached hydrogen (secondary N) is 1. The molecule has 4 aromatic rings. The average Bonchev–Trinajstić information content (AvgIpc) is 2.78. The van der Waals surface area contributed by atoms with E-state index < -0.39 is 0 Å². The van der Waals surface area contributed by atoms with E-state index in [1.807, 2.05) is 61.5 Å². The van der Waals surface area contributed by atoms with Crippen LogP contribution in [0.4, 0.5) is 11.4 Å². The van der Waals surface area contributed by atoms with Crippen LogP contribution in [0.15, 0.2) is 72.8 Å².